The number of aliphatic carboxylic acids is 1. The van der Waals surface area contributed by atoms with Crippen LogP contribution in [0.1, 0.15) is 40.5 Å². The molecule has 90 valence electrons. The second-order valence-corrected chi connectivity index (χ2v) is 5.67. The Kier molecular flexibility index (Phi) is 5.29. The number of carbonyl (C=O) groups is 1. The van der Waals surface area contributed by atoms with E-state index in [1.54, 1.807) is 0 Å². The Morgan fingerprint density at radius 1 is 1.33 bits per heavy atom. The lowest BCUT2D eigenvalue weighted by molar-refractivity contribution is -0.140. The molecule has 0 rings (SSSR count). The summed E-state index contributed by atoms with van der Waals surface area (Å²) in [6, 6.07) is 0.314. The van der Waals surface area contributed by atoms with Gasteiger partial charge in [-0.25, -0.2) is 0 Å². The summed E-state index contributed by atoms with van der Waals surface area (Å²) in [6.07, 6.45) is 1.26. The summed E-state index contributed by atoms with van der Waals surface area (Å²) in [6.45, 7) is 8.42. The van der Waals surface area contributed by atoms with E-state index in [0.717, 1.165) is 6.42 Å². The average molecular weight is 215 g/mol. The number of hydrogen-bond donors (Lipinski definition) is 1. The van der Waals surface area contributed by atoms with Crippen molar-refractivity contribution < 1.29 is 9.90 Å². The van der Waals surface area contributed by atoms with E-state index in [1.165, 1.54) is 0 Å². The van der Waals surface area contributed by atoms with E-state index in [9.17, 15) is 4.79 Å². The second kappa shape index (κ2) is 5.50. The first-order valence-corrected chi connectivity index (χ1v) is 5.55. The Balaban J connectivity index is 4.65. The van der Waals surface area contributed by atoms with Crippen LogP contribution in [0.2, 0.25) is 0 Å². The van der Waals surface area contributed by atoms with Gasteiger partial charge < -0.3 is 10.0 Å². The van der Waals surface area contributed by atoms with E-state index in [0.29, 0.717) is 12.0 Å². The smallest absolute Gasteiger partial charge is 0.303 e. The summed E-state index contributed by atoms with van der Waals surface area (Å²) in [5.74, 6) is -0.124. The largest absolute Gasteiger partial charge is 0.481 e. The summed E-state index contributed by atoms with van der Waals surface area (Å²) in [5, 5.41) is 8.90. The molecule has 3 heteroatoms. The zero-order valence-electron chi connectivity index (χ0n) is 10.9. The number of rotatable bonds is 6. The van der Waals surface area contributed by atoms with Crippen molar-refractivity contribution in [2.45, 2.75) is 46.6 Å². The van der Waals surface area contributed by atoms with Crippen molar-refractivity contribution in [2.75, 3.05) is 14.1 Å². The lowest BCUT2D eigenvalue weighted by Gasteiger charge is -2.39. The standard InChI is InChI=1S/C12H25NO2/c1-9(2)7-10(13(5)6)12(3,4)8-11(14)15/h9-10H,7-8H2,1-6H3,(H,14,15). The molecule has 0 aromatic heterocycles. The van der Waals surface area contributed by atoms with Crippen molar-refractivity contribution in [3.63, 3.8) is 0 Å². The Hall–Kier alpha value is -0.570. The lowest BCUT2D eigenvalue weighted by atomic mass is 9.77. The van der Waals surface area contributed by atoms with E-state index in [-0.39, 0.29) is 11.8 Å². The molecule has 0 saturated carbocycles. The first kappa shape index (κ1) is 14.4. The van der Waals surface area contributed by atoms with Crippen LogP contribution in [0.5, 0.6) is 0 Å². The predicted molar refractivity (Wildman–Crippen MR) is 63.0 cm³/mol. The van der Waals surface area contributed by atoms with Gasteiger partial charge in [-0.1, -0.05) is 27.7 Å². The van der Waals surface area contributed by atoms with Crippen molar-refractivity contribution in [2.24, 2.45) is 11.3 Å². The maximum absolute atomic E-state index is 10.8. The molecule has 0 aliphatic rings. The zero-order valence-corrected chi connectivity index (χ0v) is 10.9. The number of carboxylic acid groups (broad SMARTS) is 1. The molecule has 1 N–H and O–H groups in total. The first-order chi connectivity index (χ1) is 6.66. The Morgan fingerprint density at radius 3 is 2.07 bits per heavy atom. The molecule has 3 nitrogen and oxygen atoms in total. The molecule has 1 atom stereocenters. The van der Waals surface area contributed by atoms with Gasteiger partial charge >= 0.3 is 5.97 Å². The summed E-state index contributed by atoms with van der Waals surface area (Å²) >= 11 is 0. The van der Waals surface area contributed by atoms with Crippen LogP contribution in [0.3, 0.4) is 0 Å². The minimum absolute atomic E-state index is 0.181. The van der Waals surface area contributed by atoms with Crippen LogP contribution in [0.15, 0.2) is 0 Å². The van der Waals surface area contributed by atoms with Gasteiger partial charge in [-0.05, 0) is 31.8 Å². The Bertz CT molecular complexity index is 210. The number of nitrogens with zero attached hydrogens (tertiary/aromatic N) is 1. The fraction of sp³-hybridized carbons (Fsp3) is 0.917. The molecule has 0 spiro atoms. The molecular weight excluding hydrogens is 190 g/mol. The van der Waals surface area contributed by atoms with Gasteiger partial charge in [0.1, 0.15) is 0 Å². The summed E-state index contributed by atoms with van der Waals surface area (Å²) in [5.41, 5.74) is -0.181. The summed E-state index contributed by atoms with van der Waals surface area (Å²) < 4.78 is 0. The third-order valence-corrected chi connectivity index (χ3v) is 2.83. The van der Waals surface area contributed by atoms with Gasteiger partial charge in [0.2, 0.25) is 0 Å². The SMILES string of the molecule is CC(C)CC(N(C)C)C(C)(C)CC(=O)O. The zero-order chi connectivity index (χ0) is 12.2. The first-order valence-electron chi connectivity index (χ1n) is 5.55. The maximum Gasteiger partial charge on any atom is 0.303 e. The van der Waals surface area contributed by atoms with Crippen LogP contribution in [0.25, 0.3) is 0 Å². The normalized spacial score (nSPS) is 14.7. The molecular formula is C12H25NO2. The highest BCUT2D eigenvalue weighted by molar-refractivity contribution is 5.67. The number of carboxylic acids is 1. The van der Waals surface area contributed by atoms with Crippen molar-refractivity contribution in [3.8, 4) is 0 Å². The molecule has 0 fully saturated rings. The molecule has 0 aromatic rings. The van der Waals surface area contributed by atoms with Gasteiger partial charge in [0.25, 0.3) is 0 Å². The molecule has 0 aromatic carbocycles. The highest BCUT2D eigenvalue weighted by Gasteiger charge is 2.33. The van der Waals surface area contributed by atoms with Crippen LogP contribution < -0.4 is 0 Å². The van der Waals surface area contributed by atoms with Gasteiger partial charge in [0, 0.05) is 6.04 Å². The van der Waals surface area contributed by atoms with Crippen LogP contribution in [0, 0.1) is 11.3 Å². The minimum atomic E-state index is -0.712. The molecule has 0 amide bonds. The average Bonchev–Trinajstić information content (AvgIpc) is 1.96. The predicted octanol–water partition coefficient (Wildman–Crippen LogP) is 2.46. The van der Waals surface area contributed by atoms with Gasteiger partial charge in [-0.15, -0.1) is 0 Å². The van der Waals surface area contributed by atoms with Gasteiger partial charge in [-0.2, -0.15) is 0 Å². The van der Waals surface area contributed by atoms with Crippen molar-refractivity contribution in [1.82, 2.24) is 4.90 Å². The van der Waals surface area contributed by atoms with Crippen molar-refractivity contribution in [1.29, 1.82) is 0 Å². The minimum Gasteiger partial charge on any atom is -0.481 e. The topological polar surface area (TPSA) is 40.5 Å². The second-order valence-electron chi connectivity index (χ2n) is 5.67. The maximum atomic E-state index is 10.8. The molecule has 0 radical (unpaired) electrons. The monoisotopic (exact) mass is 215 g/mol. The highest BCUT2D eigenvalue weighted by atomic mass is 16.4. The molecule has 0 heterocycles. The summed E-state index contributed by atoms with van der Waals surface area (Å²) in [7, 11) is 4.05. The van der Waals surface area contributed by atoms with Crippen LogP contribution >= 0.6 is 0 Å². The third kappa shape index (κ3) is 5.17. The lowest BCUT2D eigenvalue weighted by Crippen LogP contribution is -2.43. The molecule has 15 heavy (non-hydrogen) atoms. The van der Waals surface area contributed by atoms with Crippen molar-refractivity contribution in [3.05, 3.63) is 0 Å². The van der Waals surface area contributed by atoms with E-state index >= 15 is 0 Å². The third-order valence-electron chi connectivity index (χ3n) is 2.83. The van der Waals surface area contributed by atoms with E-state index in [1.807, 2.05) is 27.9 Å². The summed E-state index contributed by atoms with van der Waals surface area (Å²) in [4.78, 5) is 13.0. The van der Waals surface area contributed by atoms with E-state index < -0.39 is 5.97 Å². The fourth-order valence-electron chi connectivity index (χ4n) is 2.18. The molecule has 0 aliphatic heterocycles. The highest BCUT2D eigenvalue weighted by Crippen LogP contribution is 2.32. The van der Waals surface area contributed by atoms with Crippen LogP contribution in [-0.2, 0) is 4.79 Å². The van der Waals surface area contributed by atoms with Gasteiger partial charge in [0.05, 0.1) is 6.42 Å². The van der Waals surface area contributed by atoms with Crippen molar-refractivity contribution >= 4 is 5.97 Å². The Labute approximate surface area is 93.5 Å². The Morgan fingerprint density at radius 2 is 1.80 bits per heavy atom. The van der Waals surface area contributed by atoms with E-state index in [2.05, 4.69) is 18.7 Å². The van der Waals surface area contributed by atoms with Gasteiger partial charge in [0.15, 0.2) is 0 Å². The van der Waals surface area contributed by atoms with E-state index in [4.69, 9.17) is 5.11 Å². The molecule has 1 unspecified atom stereocenters. The quantitative estimate of drug-likeness (QED) is 0.740. The van der Waals surface area contributed by atoms with Crippen LogP contribution in [-0.4, -0.2) is 36.1 Å². The van der Waals surface area contributed by atoms with Gasteiger partial charge in [-0.3, -0.25) is 4.79 Å². The number of hydrogen-bond acceptors (Lipinski definition) is 2. The molecule has 0 aliphatic carbocycles. The fourth-order valence-corrected chi connectivity index (χ4v) is 2.18. The van der Waals surface area contributed by atoms with Crippen LogP contribution in [0.4, 0.5) is 0 Å². The molecule has 0 bridgehead atoms. The molecule has 0 saturated heterocycles.